The maximum Gasteiger partial charge on any atom is 0.349 e. The van der Waals surface area contributed by atoms with Crippen molar-refractivity contribution in [2.45, 2.75) is 26.2 Å². The normalized spacial score (nSPS) is 9.75. The largest absolute Gasteiger partial charge is 0.491 e. The summed E-state index contributed by atoms with van der Waals surface area (Å²) in [7, 11) is 0. The quantitative estimate of drug-likeness (QED) is 0.612. The number of aryl methyl sites for hydroxylation is 1. The van der Waals surface area contributed by atoms with Crippen LogP contribution in [0.2, 0.25) is 0 Å². The van der Waals surface area contributed by atoms with E-state index in [1.807, 2.05) is 0 Å². The van der Waals surface area contributed by atoms with Crippen LogP contribution >= 0.6 is 11.3 Å². The van der Waals surface area contributed by atoms with Gasteiger partial charge in [0.15, 0.2) is 4.88 Å². The minimum Gasteiger partial charge on any atom is -0.491 e. The van der Waals surface area contributed by atoms with Crippen molar-refractivity contribution in [1.29, 1.82) is 0 Å². The van der Waals surface area contributed by atoms with Gasteiger partial charge in [0, 0.05) is 11.3 Å². The minimum atomic E-state index is -0.942. The molecule has 0 radical (unpaired) electrons. The van der Waals surface area contributed by atoms with E-state index in [0.717, 1.165) is 17.7 Å². The molecule has 0 saturated carbocycles. The summed E-state index contributed by atoms with van der Waals surface area (Å²) >= 11 is 1.27. The Morgan fingerprint density at radius 1 is 1.69 bits per heavy atom. The van der Waals surface area contributed by atoms with E-state index in [-0.39, 0.29) is 4.88 Å². The molecule has 4 heteroatoms. The molecule has 0 aromatic carbocycles. The summed E-state index contributed by atoms with van der Waals surface area (Å²) in [4.78, 5) is 12.3. The van der Waals surface area contributed by atoms with Crippen molar-refractivity contribution in [2.75, 3.05) is 6.61 Å². The number of carbonyl (C=O) groups is 1. The van der Waals surface area contributed by atoms with Crippen LogP contribution in [0.4, 0.5) is 0 Å². The Hall–Kier alpha value is -1.47. The molecule has 0 spiro atoms. The second-order valence-electron chi connectivity index (χ2n) is 3.26. The summed E-state index contributed by atoms with van der Waals surface area (Å²) < 4.78 is 5.35. The van der Waals surface area contributed by atoms with Gasteiger partial charge in [0.2, 0.25) is 0 Å². The molecule has 1 aromatic heterocycles. The van der Waals surface area contributed by atoms with E-state index in [9.17, 15) is 4.79 Å². The number of aromatic carboxylic acids is 1. The number of carboxylic acids is 1. The first kappa shape index (κ1) is 12.6. The van der Waals surface area contributed by atoms with Crippen LogP contribution in [0.3, 0.4) is 0 Å². The Labute approximate surface area is 99.1 Å². The number of ether oxygens (including phenoxy) is 1. The molecule has 0 fully saturated rings. The SMILES string of the molecule is C#CCCOc1cc(CCC)sc1C(=O)O. The summed E-state index contributed by atoms with van der Waals surface area (Å²) in [5, 5.41) is 8.99. The van der Waals surface area contributed by atoms with Crippen molar-refractivity contribution in [3.05, 3.63) is 15.8 Å². The van der Waals surface area contributed by atoms with Gasteiger partial charge in [0.25, 0.3) is 0 Å². The Balaban J connectivity index is 2.79. The summed E-state index contributed by atoms with van der Waals surface area (Å²) in [5.41, 5.74) is 0. The lowest BCUT2D eigenvalue weighted by Gasteiger charge is -2.01. The van der Waals surface area contributed by atoms with Crippen LogP contribution in [0.1, 0.15) is 34.3 Å². The molecule has 0 saturated heterocycles. The van der Waals surface area contributed by atoms with Gasteiger partial charge in [-0.3, -0.25) is 0 Å². The molecule has 3 nitrogen and oxygen atoms in total. The molecular weight excluding hydrogens is 224 g/mol. The zero-order valence-corrected chi connectivity index (χ0v) is 9.97. The second-order valence-corrected chi connectivity index (χ2v) is 4.40. The zero-order chi connectivity index (χ0) is 12.0. The van der Waals surface area contributed by atoms with Crippen LogP contribution in [0.25, 0.3) is 0 Å². The first-order valence-electron chi connectivity index (χ1n) is 5.11. The maximum atomic E-state index is 11.0. The molecule has 1 N–H and O–H groups in total. The number of hydrogen-bond acceptors (Lipinski definition) is 3. The standard InChI is InChI=1S/C12H14O3S/c1-3-5-7-15-10-8-9(6-4-2)16-11(10)12(13)14/h1,8H,4-7H2,2H3,(H,13,14). The van der Waals surface area contributed by atoms with E-state index in [0.29, 0.717) is 18.8 Å². The first-order chi connectivity index (χ1) is 7.69. The molecule has 0 aliphatic heterocycles. The van der Waals surface area contributed by atoms with Crippen molar-refractivity contribution in [3.63, 3.8) is 0 Å². The summed E-state index contributed by atoms with van der Waals surface area (Å²) in [6.07, 6.45) is 7.45. The van der Waals surface area contributed by atoms with Crippen molar-refractivity contribution < 1.29 is 14.6 Å². The van der Waals surface area contributed by atoms with Crippen LogP contribution in [0.15, 0.2) is 6.07 Å². The van der Waals surface area contributed by atoms with Gasteiger partial charge in [-0.25, -0.2) is 4.79 Å². The van der Waals surface area contributed by atoms with E-state index in [4.69, 9.17) is 16.3 Å². The van der Waals surface area contributed by atoms with Crippen molar-refractivity contribution in [1.82, 2.24) is 0 Å². The van der Waals surface area contributed by atoms with E-state index >= 15 is 0 Å². The predicted octanol–water partition coefficient (Wildman–Crippen LogP) is 2.80. The topological polar surface area (TPSA) is 46.5 Å². The third-order valence-electron chi connectivity index (χ3n) is 1.94. The Bertz CT molecular complexity index is 401. The fourth-order valence-corrected chi connectivity index (χ4v) is 2.31. The second kappa shape index (κ2) is 6.19. The van der Waals surface area contributed by atoms with Gasteiger partial charge in [-0.15, -0.1) is 23.7 Å². The van der Waals surface area contributed by atoms with Crippen molar-refractivity contribution in [2.24, 2.45) is 0 Å². The number of rotatable bonds is 6. The molecule has 0 aliphatic carbocycles. The summed E-state index contributed by atoms with van der Waals surface area (Å²) in [5.74, 6) is 1.95. The maximum absolute atomic E-state index is 11.0. The Kier molecular flexibility index (Phi) is 4.87. The average molecular weight is 238 g/mol. The Morgan fingerprint density at radius 3 is 3.00 bits per heavy atom. The minimum absolute atomic E-state index is 0.264. The third kappa shape index (κ3) is 3.28. The number of carboxylic acid groups (broad SMARTS) is 1. The highest BCUT2D eigenvalue weighted by atomic mass is 32.1. The van der Waals surface area contributed by atoms with Gasteiger partial charge in [0.05, 0.1) is 6.61 Å². The summed E-state index contributed by atoms with van der Waals surface area (Å²) in [6.45, 7) is 2.41. The number of terminal acetylenes is 1. The lowest BCUT2D eigenvalue weighted by molar-refractivity contribution is 0.0698. The van der Waals surface area contributed by atoms with Gasteiger partial charge in [-0.05, 0) is 12.5 Å². The van der Waals surface area contributed by atoms with E-state index in [1.54, 1.807) is 6.07 Å². The highest BCUT2D eigenvalue weighted by Crippen LogP contribution is 2.30. The van der Waals surface area contributed by atoms with Gasteiger partial charge >= 0.3 is 5.97 Å². The number of hydrogen-bond donors (Lipinski definition) is 1. The molecule has 1 rings (SSSR count). The van der Waals surface area contributed by atoms with Crippen molar-refractivity contribution >= 4 is 17.3 Å². The first-order valence-corrected chi connectivity index (χ1v) is 5.93. The molecule has 16 heavy (non-hydrogen) atoms. The average Bonchev–Trinajstić information content (AvgIpc) is 2.62. The van der Waals surface area contributed by atoms with Gasteiger partial charge in [-0.1, -0.05) is 13.3 Å². The molecule has 0 atom stereocenters. The molecular formula is C12H14O3S. The van der Waals surface area contributed by atoms with Crippen LogP contribution in [-0.2, 0) is 6.42 Å². The molecule has 1 aromatic rings. The molecule has 0 aliphatic rings. The van der Waals surface area contributed by atoms with Gasteiger partial charge in [0.1, 0.15) is 5.75 Å². The fourth-order valence-electron chi connectivity index (χ4n) is 1.27. The lowest BCUT2D eigenvalue weighted by atomic mass is 10.3. The smallest absolute Gasteiger partial charge is 0.349 e. The van der Waals surface area contributed by atoms with Gasteiger partial charge in [-0.2, -0.15) is 0 Å². The van der Waals surface area contributed by atoms with Crippen LogP contribution in [0, 0.1) is 12.3 Å². The third-order valence-corrected chi connectivity index (χ3v) is 3.11. The number of thiophene rings is 1. The molecule has 86 valence electrons. The van der Waals surface area contributed by atoms with Crippen LogP contribution in [-0.4, -0.2) is 17.7 Å². The molecule has 0 bridgehead atoms. The lowest BCUT2D eigenvalue weighted by Crippen LogP contribution is -2.00. The monoisotopic (exact) mass is 238 g/mol. The molecule has 0 unspecified atom stereocenters. The van der Waals surface area contributed by atoms with Crippen molar-refractivity contribution in [3.8, 4) is 18.1 Å². The Morgan fingerprint density at radius 2 is 2.44 bits per heavy atom. The van der Waals surface area contributed by atoms with E-state index in [1.165, 1.54) is 11.3 Å². The van der Waals surface area contributed by atoms with Crippen LogP contribution in [0.5, 0.6) is 5.75 Å². The molecule has 0 amide bonds. The van der Waals surface area contributed by atoms with E-state index < -0.39 is 5.97 Å². The highest BCUT2D eigenvalue weighted by molar-refractivity contribution is 7.14. The highest BCUT2D eigenvalue weighted by Gasteiger charge is 2.16. The zero-order valence-electron chi connectivity index (χ0n) is 9.16. The molecule has 1 heterocycles. The van der Waals surface area contributed by atoms with Gasteiger partial charge < -0.3 is 9.84 Å². The van der Waals surface area contributed by atoms with Crippen LogP contribution < -0.4 is 4.74 Å². The summed E-state index contributed by atoms with van der Waals surface area (Å²) in [6, 6.07) is 1.80. The van der Waals surface area contributed by atoms with E-state index in [2.05, 4.69) is 12.8 Å². The predicted molar refractivity (Wildman–Crippen MR) is 64.2 cm³/mol. The fraction of sp³-hybridized carbons (Fsp3) is 0.417.